The lowest BCUT2D eigenvalue weighted by molar-refractivity contribution is 0.200. The molecule has 0 saturated heterocycles. The summed E-state index contributed by atoms with van der Waals surface area (Å²) in [4.78, 5) is 0.947. The van der Waals surface area contributed by atoms with E-state index in [1.54, 1.807) is 6.07 Å². The van der Waals surface area contributed by atoms with Crippen molar-refractivity contribution in [1.29, 1.82) is 0 Å². The first kappa shape index (κ1) is 14.4. The van der Waals surface area contributed by atoms with Crippen LogP contribution in [0.3, 0.4) is 0 Å². The lowest BCUT2D eigenvalue weighted by atomic mass is 10.1. The second-order valence-electron chi connectivity index (χ2n) is 4.23. The Morgan fingerprint density at radius 2 is 1.95 bits per heavy atom. The fourth-order valence-corrected chi connectivity index (χ4v) is 2.91. The topological polar surface area (TPSA) is 20.2 Å². The van der Waals surface area contributed by atoms with Crippen molar-refractivity contribution in [3.63, 3.8) is 0 Å². The summed E-state index contributed by atoms with van der Waals surface area (Å²) in [6.45, 7) is 0. The van der Waals surface area contributed by atoms with E-state index in [4.69, 9.17) is 11.6 Å². The summed E-state index contributed by atoms with van der Waals surface area (Å²) in [5.41, 5.74) is 0.798. The minimum atomic E-state index is -0.525. The minimum Gasteiger partial charge on any atom is -0.392 e. The molecule has 2 aromatic carbocycles. The number of rotatable bonds is 5. The van der Waals surface area contributed by atoms with E-state index >= 15 is 0 Å². The Morgan fingerprint density at radius 3 is 2.68 bits per heavy atom. The molecule has 2 rings (SSSR count). The molecule has 0 radical (unpaired) electrons. The van der Waals surface area contributed by atoms with Crippen molar-refractivity contribution in [3.05, 3.63) is 64.9 Å². The monoisotopic (exact) mass is 296 g/mol. The molecule has 19 heavy (non-hydrogen) atoms. The number of hydrogen-bond donors (Lipinski definition) is 1. The largest absolute Gasteiger partial charge is 0.392 e. The van der Waals surface area contributed by atoms with Gasteiger partial charge in [-0.3, -0.25) is 0 Å². The minimum absolute atomic E-state index is 0.275. The van der Waals surface area contributed by atoms with Crippen LogP contribution in [0.1, 0.15) is 5.56 Å². The molecule has 0 aliphatic carbocycles. The molecular weight excluding hydrogens is 283 g/mol. The van der Waals surface area contributed by atoms with Gasteiger partial charge < -0.3 is 5.11 Å². The number of thioether (sulfide) groups is 1. The third-order valence-corrected chi connectivity index (χ3v) is 4.29. The molecular formula is C15H14ClFOS. The molecule has 0 saturated carbocycles. The second-order valence-corrected chi connectivity index (χ2v) is 5.70. The Bertz CT molecular complexity index is 547. The first-order valence-corrected chi connectivity index (χ1v) is 7.31. The summed E-state index contributed by atoms with van der Waals surface area (Å²) in [7, 11) is 0. The zero-order valence-electron chi connectivity index (χ0n) is 10.2. The van der Waals surface area contributed by atoms with E-state index < -0.39 is 6.10 Å². The normalized spacial score (nSPS) is 12.4. The molecule has 1 N–H and O–H groups in total. The van der Waals surface area contributed by atoms with E-state index in [9.17, 15) is 9.50 Å². The van der Waals surface area contributed by atoms with Crippen LogP contribution in [0.25, 0.3) is 0 Å². The Balaban J connectivity index is 1.88. The first-order chi connectivity index (χ1) is 9.15. The van der Waals surface area contributed by atoms with Crippen LogP contribution in [0.2, 0.25) is 5.02 Å². The molecule has 0 heterocycles. The molecule has 0 aromatic heterocycles. The number of halogens is 2. The molecule has 2 aromatic rings. The van der Waals surface area contributed by atoms with Crippen molar-refractivity contribution in [2.24, 2.45) is 0 Å². The van der Waals surface area contributed by atoms with Crippen molar-refractivity contribution < 1.29 is 9.50 Å². The highest BCUT2D eigenvalue weighted by Gasteiger charge is 2.08. The van der Waals surface area contributed by atoms with Gasteiger partial charge in [0.15, 0.2) is 0 Å². The maximum Gasteiger partial charge on any atom is 0.123 e. The number of hydrogen-bond acceptors (Lipinski definition) is 2. The van der Waals surface area contributed by atoms with Crippen LogP contribution in [0.5, 0.6) is 0 Å². The summed E-state index contributed by atoms with van der Waals surface area (Å²) in [5.74, 6) is 0.253. The summed E-state index contributed by atoms with van der Waals surface area (Å²) < 4.78 is 13.0. The average molecular weight is 297 g/mol. The summed E-state index contributed by atoms with van der Waals surface area (Å²) in [6.07, 6.45) is -0.0852. The van der Waals surface area contributed by atoms with Crippen LogP contribution in [-0.2, 0) is 6.42 Å². The fourth-order valence-electron chi connectivity index (χ4n) is 1.74. The zero-order chi connectivity index (χ0) is 13.7. The predicted octanol–water partition coefficient (Wildman–Crippen LogP) is 4.17. The van der Waals surface area contributed by atoms with Gasteiger partial charge in [0.2, 0.25) is 0 Å². The third-order valence-electron chi connectivity index (χ3n) is 2.63. The zero-order valence-corrected chi connectivity index (χ0v) is 11.8. The van der Waals surface area contributed by atoms with E-state index in [0.717, 1.165) is 10.5 Å². The van der Waals surface area contributed by atoms with Crippen LogP contribution >= 0.6 is 23.4 Å². The number of aliphatic hydroxyl groups is 1. The molecule has 0 fully saturated rings. The van der Waals surface area contributed by atoms with Gasteiger partial charge in [-0.2, -0.15) is 0 Å². The van der Waals surface area contributed by atoms with Crippen molar-refractivity contribution >= 4 is 23.4 Å². The quantitative estimate of drug-likeness (QED) is 0.836. The lowest BCUT2D eigenvalue weighted by Crippen LogP contribution is -2.13. The Morgan fingerprint density at radius 1 is 1.16 bits per heavy atom. The average Bonchev–Trinajstić information content (AvgIpc) is 2.38. The maximum absolute atomic E-state index is 13.0. The van der Waals surface area contributed by atoms with Gasteiger partial charge in [-0.1, -0.05) is 35.9 Å². The van der Waals surface area contributed by atoms with Gasteiger partial charge in [0.25, 0.3) is 0 Å². The molecule has 1 atom stereocenters. The molecule has 0 aliphatic heterocycles. The maximum atomic E-state index is 13.0. The molecule has 0 bridgehead atoms. The Labute approximate surface area is 121 Å². The lowest BCUT2D eigenvalue weighted by Gasteiger charge is -2.11. The number of benzene rings is 2. The van der Waals surface area contributed by atoms with Gasteiger partial charge in [0.05, 0.1) is 11.1 Å². The van der Waals surface area contributed by atoms with Gasteiger partial charge in [-0.05, 0) is 36.2 Å². The van der Waals surface area contributed by atoms with Crippen LogP contribution in [-0.4, -0.2) is 17.0 Å². The smallest absolute Gasteiger partial charge is 0.123 e. The molecule has 1 nitrogen and oxygen atoms in total. The van der Waals surface area contributed by atoms with E-state index in [0.29, 0.717) is 17.2 Å². The van der Waals surface area contributed by atoms with Gasteiger partial charge in [0, 0.05) is 10.6 Å². The van der Waals surface area contributed by atoms with E-state index in [2.05, 4.69) is 0 Å². The van der Waals surface area contributed by atoms with Crippen molar-refractivity contribution in [1.82, 2.24) is 0 Å². The Kier molecular flexibility index (Phi) is 5.25. The van der Waals surface area contributed by atoms with Crippen LogP contribution in [0.4, 0.5) is 4.39 Å². The van der Waals surface area contributed by atoms with E-state index in [-0.39, 0.29) is 5.82 Å². The molecule has 0 aliphatic rings. The summed E-state index contributed by atoms with van der Waals surface area (Å²) >= 11 is 7.54. The number of aliphatic hydroxyl groups excluding tert-OH is 1. The molecule has 0 amide bonds. The van der Waals surface area contributed by atoms with Crippen molar-refractivity contribution in [2.75, 3.05) is 5.75 Å². The predicted molar refractivity (Wildman–Crippen MR) is 78.3 cm³/mol. The van der Waals surface area contributed by atoms with Crippen molar-refractivity contribution in [3.8, 4) is 0 Å². The summed E-state index contributed by atoms with van der Waals surface area (Å²) in [5, 5.41) is 10.6. The highest BCUT2D eigenvalue weighted by atomic mass is 35.5. The van der Waals surface area contributed by atoms with Crippen molar-refractivity contribution in [2.45, 2.75) is 17.4 Å². The molecule has 4 heteroatoms. The van der Waals surface area contributed by atoms with Crippen LogP contribution in [0.15, 0.2) is 53.4 Å². The van der Waals surface area contributed by atoms with Crippen LogP contribution in [0, 0.1) is 5.82 Å². The Hall–Kier alpha value is -1.03. The van der Waals surface area contributed by atoms with Crippen LogP contribution < -0.4 is 0 Å². The van der Waals surface area contributed by atoms with Gasteiger partial charge in [-0.25, -0.2) is 4.39 Å². The fraction of sp³-hybridized carbons (Fsp3) is 0.200. The van der Waals surface area contributed by atoms with E-state index in [1.165, 1.54) is 23.9 Å². The highest BCUT2D eigenvalue weighted by Crippen LogP contribution is 2.27. The van der Waals surface area contributed by atoms with Gasteiger partial charge in [0.1, 0.15) is 5.82 Å². The van der Waals surface area contributed by atoms with Gasteiger partial charge in [-0.15, -0.1) is 11.8 Å². The molecule has 100 valence electrons. The van der Waals surface area contributed by atoms with Gasteiger partial charge >= 0.3 is 0 Å². The second kappa shape index (κ2) is 6.94. The third kappa shape index (κ3) is 4.53. The molecule has 1 unspecified atom stereocenters. The molecule has 0 spiro atoms. The first-order valence-electron chi connectivity index (χ1n) is 5.95. The van der Waals surface area contributed by atoms with E-state index in [1.807, 2.05) is 30.3 Å². The highest BCUT2D eigenvalue weighted by molar-refractivity contribution is 7.99. The standard InChI is InChI=1S/C15H14ClFOS/c16-14-6-1-2-7-15(14)19-10-13(18)9-11-4-3-5-12(17)8-11/h1-8,13,18H,9-10H2. The summed E-state index contributed by atoms with van der Waals surface area (Å²) in [6, 6.07) is 13.8. The SMILES string of the molecule is OC(CSc1ccccc1Cl)Cc1cccc(F)c1.